The zero-order valence-electron chi connectivity index (χ0n) is 12.1. The Bertz CT molecular complexity index is 409. The van der Waals surface area contributed by atoms with E-state index in [9.17, 15) is 4.39 Å². The minimum atomic E-state index is -0.372. The Morgan fingerprint density at radius 3 is 2.63 bits per heavy atom. The Morgan fingerprint density at radius 1 is 1.42 bits per heavy atom. The molecule has 0 aliphatic carbocycles. The lowest BCUT2D eigenvalue weighted by Crippen LogP contribution is -2.49. The van der Waals surface area contributed by atoms with Gasteiger partial charge in [-0.1, -0.05) is 24.6 Å². The molecule has 0 saturated heterocycles. The van der Waals surface area contributed by atoms with E-state index in [1.54, 1.807) is 13.2 Å². The van der Waals surface area contributed by atoms with E-state index in [-0.39, 0.29) is 22.5 Å². The highest BCUT2D eigenvalue weighted by molar-refractivity contribution is 6.30. The Hall–Kier alpha value is -0.640. The highest BCUT2D eigenvalue weighted by Gasteiger charge is 2.28. The van der Waals surface area contributed by atoms with Gasteiger partial charge >= 0.3 is 0 Å². The number of benzene rings is 1. The largest absolute Gasteiger partial charge is 0.377 e. The van der Waals surface area contributed by atoms with Crippen molar-refractivity contribution in [1.82, 2.24) is 5.32 Å². The van der Waals surface area contributed by atoms with Crippen LogP contribution in [0.2, 0.25) is 5.02 Å². The van der Waals surface area contributed by atoms with Crippen LogP contribution in [-0.2, 0) is 11.2 Å². The van der Waals surface area contributed by atoms with Crippen LogP contribution in [0.1, 0.15) is 32.8 Å². The molecule has 0 radical (unpaired) electrons. The Kier molecular flexibility index (Phi) is 6.24. The monoisotopic (exact) mass is 287 g/mol. The van der Waals surface area contributed by atoms with Crippen LogP contribution in [-0.4, -0.2) is 25.3 Å². The van der Waals surface area contributed by atoms with Crippen molar-refractivity contribution in [3.8, 4) is 0 Å². The lowest BCUT2D eigenvalue weighted by molar-refractivity contribution is -0.00999. The fraction of sp³-hybridized carbons (Fsp3) is 0.600. The first-order valence-electron chi connectivity index (χ1n) is 6.63. The van der Waals surface area contributed by atoms with E-state index in [0.717, 1.165) is 18.5 Å². The van der Waals surface area contributed by atoms with Gasteiger partial charge in [0.05, 0.1) is 10.6 Å². The molecule has 0 amide bonds. The standard InChI is InChI=1S/C15H23ClFNO/c1-5-8-18-14(15(2,3)19-4)10-11-6-7-12(16)13(17)9-11/h6-7,9,14,18H,5,8,10H2,1-4H3. The molecular weight excluding hydrogens is 265 g/mol. The normalized spacial score (nSPS) is 13.6. The molecule has 1 rings (SSSR count). The first-order chi connectivity index (χ1) is 8.90. The van der Waals surface area contributed by atoms with Gasteiger partial charge in [-0.05, 0) is 50.9 Å². The van der Waals surface area contributed by atoms with Gasteiger partial charge in [-0.3, -0.25) is 0 Å². The molecule has 2 nitrogen and oxygen atoms in total. The van der Waals surface area contributed by atoms with Crippen LogP contribution in [0.15, 0.2) is 18.2 Å². The SMILES string of the molecule is CCCNC(Cc1ccc(Cl)c(F)c1)C(C)(C)OC. The van der Waals surface area contributed by atoms with E-state index in [0.29, 0.717) is 6.42 Å². The zero-order chi connectivity index (χ0) is 14.5. The smallest absolute Gasteiger partial charge is 0.142 e. The minimum Gasteiger partial charge on any atom is -0.377 e. The highest BCUT2D eigenvalue weighted by atomic mass is 35.5. The van der Waals surface area contributed by atoms with Gasteiger partial charge in [-0.25, -0.2) is 4.39 Å². The van der Waals surface area contributed by atoms with E-state index in [4.69, 9.17) is 16.3 Å². The van der Waals surface area contributed by atoms with Crippen LogP contribution in [0.5, 0.6) is 0 Å². The Labute approximate surface area is 120 Å². The molecule has 1 N–H and O–H groups in total. The van der Waals surface area contributed by atoms with Crippen molar-refractivity contribution in [2.24, 2.45) is 0 Å². The summed E-state index contributed by atoms with van der Waals surface area (Å²) in [6, 6.07) is 5.08. The molecule has 0 heterocycles. The lowest BCUT2D eigenvalue weighted by Gasteiger charge is -2.34. The van der Waals surface area contributed by atoms with Crippen molar-refractivity contribution >= 4 is 11.6 Å². The summed E-state index contributed by atoms with van der Waals surface area (Å²) in [6.07, 6.45) is 1.75. The molecular formula is C15H23ClFNO. The Balaban J connectivity index is 2.84. The average molecular weight is 288 g/mol. The van der Waals surface area contributed by atoms with E-state index < -0.39 is 0 Å². The number of hydrogen-bond acceptors (Lipinski definition) is 2. The van der Waals surface area contributed by atoms with Gasteiger partial charge in [-0.2, -0.15) is 0 Å². The van der Waals surface area contributed by atoms with E-state index in [1.165, 1.54) is 6.07 Å². The van der Waals surface area contributed by atoms with E-state index >= 15 is 0 Å². The predicted molar refractivity (Wildman–Crippen MR) is 78.3 cm³/mol. The van der Waals surface area contributed by atoms with Crippen molar-refractivity contribution in [3.63, 3.8) is 0 Å². The second-order valence-corrected chi connectivity index (χ2v) is 5.67. The molecule has 0 bridgehead atoms. The summed E-state index contributed by atoms with van der Waals surface area (Å²) in [7, 11) is 1.70. The molecule has 1 aromatic rings. The first kappa shape index (κ1) is 16.4. The van der Waals surface area contributed by atoms with Crippen LogP contribution in [0.4, 0.5) is 4.39 Å². The number of methoxy groups -OCH3 is 1. The van der Waals surface area contributed by atoms with Gasteiger partial charge in [0.2, 0.25) is 0 Å². The van der Waals surface area contributed by atoms with Crippen LogP contribution in [0.3, 0.4) is 0 Å². The third-order valence-corrected chi connectivity index (χ3v) is 3.74. The highest BCUT2D eigenvalue weighted by Crippen LogP contribution is 2.21. The molecule has 4 heteroatoms. The summed E-state index contributed by atoms with van der Waals surface area (Å²) in [6.45, 7) is 7.10. The van der Waals surface area contributed by atoms with Gasteiger partial charge < -0.3 is 10.1 Å². The van der Waals surface area contributed by atoms with Crippen molar-refractivity contribution in [3.05, 3.63) is 34.6 Å². The molecule has 19 heavy (non-hydrogen) atoms. The summed E-state index contributed by atoms with van der Waals surface area (Å²) in [5.74, 6) is -0.372. The molecule has 0 aliphatic rings. The quantitative estimate of drug-likeness (QED) is 0.823. The van der Waals surface area contributed by atoms with Crippen LogP contribution >= 0.6 is 11.6 Å². The number of nitrogens with one attached hydrogen (secondary N) is 1. The Morgan fingerprint density at radius 2 is 2.11 bits per heavy atom. The van der Waals surface area contributed by atoms with Crippen molar-refractivity contribution in [2.45, 2.75) is 45.3 Å². The second kappa shape index (κ2) is 7.22. The third kappa shape index (κ3) is 4.75. The van der Waals surface area contributed by atoms with Crippen LogP contribution in [0.25, 0.3) is 0 Å². The third-order valence-electron chi connectivity index (χ3n) is 3.43. The van der Waals surface area contributed by atoms with Gasteiger partial charge in [0, 0.05) is 13.2 Å². The number of ether oxygens (including phenoxy) is 1. The number of halogens is 2. The summed E-state index contributed by atoms with van der Waals surface area (Å²) in [5, 5.41) is 3.62. The van der Waals surface area contributed by atoms with Crippen molar-refractivity contribution < 1.29 is 9.13 Å². The molecule has 1 atom stereocenters. The molecule has 1 unspecified atom stereocenters. The molecule has 0 spiro atoms. The molecule has 108 valence electrons. The topological polar surface area (TPSA) is 21.3 Å². The zero-order valence-corrected chi connectivity index (χ0v) is 12.9. The maximum Gasteiger partial charge on any atom is 0.142 e. The van der Waals surface area contributed by atoms with Crippen molar-refractivity contribution in [2.75, 3.05) is 13.7 Å². The van der Waals surface area contributed by atoms with Gasteiger partial charge in [-0.15, -0.1) is 0 Å². The molecule has 0 aromatic heterocycles. The second-order valence-electron chi connectivity index (χ2n) is 5.27. The van der Waals surface area contributed by atoms with Crippen LogP contribution in [0, 0.1) is 5.82 Å². The maximum atomic E-state index is 13.5. The molecule has 0 saturated carbocycles. The van der Waals surface area contributed by atoms with Gasteiger partial charge in [0.1, 0.15) is 5.82 Å². The maximum absolute atomic E-state index is 13.5. The van der Waals surface area contributed by atoms with E-state index in [1.807, 2.05) is 19.9 Å². The predicted octanol–water partition coefficient (Wildman–Crippen LogP) is 3.81. The van der Waals surface area contributed by atoms with Crippen molar-refractivity contribution in [1.29, 1.82) is 0 Å². The summed E-state index contributed by atoms with van der Waals surface area (Å²) in [4.78, 5) is 0. The van der Waals surface area contributed by atoms with Crippen LogP contribution < -0.4 is 5.32 Å². The first-order valence-corrected chi connectivity index (χ1v) is 7.01. The number of rotatable bonds is 7. The molecule has 0 fully saturated rings. The minimum absolute atomic E-state index is 0.123. The molecule has 1 aromatic carbocycles. The number of hydrogen-bond donors (Lipinski definition) is 1. The fourth-order valence-corrected chi connectivity index (χ4v) is 2.04. The summed E-state index contributed by atoms with van der Waals surface area (Å²) >= 11 is 5.70. The van der Waals surface area contributed by atoms with Gasteiger partial charge in [0.25, 0.3) is 0 Å². The summed E-state index contributed by atoms with van der Waals surface area (Å²) < 4.78 is 19.0. The summed E-state index contributed by atoms with van der Waals surface area (Å²) in [5.41, 5.74) is 0.603. The lowest BCUT2D eigenvalue weighted by atomic mass is 9.92. The fourth-order valence-electron chi connectivity index (χ4n) is 1.93. The van der Waals surface area contributed by atoms with Gasteiger partial charge in [0.15, 0.2) is 0 Å². The van der Waals surface area contributed by atoms with E-state index in [2.05, 4.69) is 12.2 Å². The molecule has 0 aliphatic heterocycles. The average Bonchev–Trinajstić information content (AvgIpc) is 2.38.